The van der Waals surface area contributed by atoms with Gasteiger partial charge < -0.3 is 4.90 Å². The highest BCUT2D eigenvalue weighted by Crippen LogP contribution is 2.36. The van der Waals surface area contributed by atoms with Gasteiger partial charge in [-0.15, -0.1) is 11.3 Å². The van der Waals surface area contributed by atoms with E-state index in [0.717, 1.165) is 33.9 Å². The SMILES string of the molecule is O=C(CSc1nc2ccc([N+](=O)[O-])cc2s1)N1CCC[C@@H]2CCCC[C@H]21. The number of non-ortho nitro benzene ring substituents is 1. The van der Waals surface area contributed by atoms with Gasteiger partial charge in [0.1, 0.15) is 0 Å². The third kappa shape index (κ3) is 3.57. The predicted octanol–water partition coefficient (Wildman–Crippen LogP) is 4.48. The summed E-state index contributed by atoms with van der Waals surface area (Å²) in [4.78, 5) is 29.9. The highest BCUT2D eigenvalue weighted by Gasteiger charge is 2.35. The number of nitrogens with zero attached hydrogens (tertiary/aromatic N) is 3. The monoisotopic (exact) mass is 391 g/mol. The fraction of sp³-hybridized carbons (Fsp3) is 0.556. The lowest BCUT2D eigenvalue weighted by atomic mass is 9.78. The molecule has 0 radical (unpaired) electrons. The minimum Gasteiger partial charge on any atom is -0.339 e. The lowest BCUT2D eigenvalue weighted by Gasteiger charge is -2.44. The fourth-order valence-corrected chi connectivity index (χ4v) is 6.20. The van der Waals surface area contributed by atoms with Gasteiger partial charge in [0.05, 0.1) is 20.9 Å². The topological polar surface area (TPSA) is 76.3 Å². The van der Waals surface area contributed by atoms with Crippen LogP contribution in [0.1, 0.15) is 38.5 Å². The third-order valence-corrected chi connectivity index (χ3v) is 7.59. The van der Waals surface area contributed by atoms with Crippen LogP contribution in [0.3, 0.4) is 0 Å². The largest absolute Gasteiger partial charge is 0.339 e. The molecule has 2 fully saturated rings. The lowest BCUT2D eigenvalue weighted by molar-refractivity contribution is -0.384. The molecule has 2 atom stereocenters. The molecule has 1 aromatic heterocycles. The van der Waals surface area contributed by atoms with Crippen molar-refractivity contribution in [3.8, 4) is 0 Å². The number of aromatic nitrogens is 1. The maximum atomic E-state index is 12.8. The first-order valence-electron chi connectivity index (χ1n) is 9.09. The number of thioether (sulfide) groups is 1. The number of carbonyl (C=O) groups is 1. The Morgan fingerprint density at radius 2 is 2.12 bits per heavy atom. The van der Waals surface area contributed by atoms with Crippen LogP contribution in [-0.4, -0.2) is 39.1 Å². The summed E-state index contributed by atoms with van der Waals surface area (Å²) in [7, 11) is 0. The molecule has 1 amide bonds. The Bertz CT molecular complexity index is 836. The summed E-state index contributed by atoms with van der Waals surface area (Å²) in [6, 6.07) is 5.13. The van der Waals surface area contributed by atoms with Gasteiger partial charge in [-0.25, -0.2) is 4.98 Å². The maximum Gasteiger partial charge on any atom is 0.270 e. The van der Waals surface area contributed by atoms with Gasteiger partial charge in [0.2, 0.25) is 5.91 Å². The number of nitro groups is 1. The standard InChI is InChI=1S/C18H21N3O3S2/c22-17(20-9-3-5-12-4-1-2-6-15(12)20)11-25-18-19-14-8-7-13(21(23)24)10-16(14)26-18/h7-8,10,12,15H,1-6,9,11H2/t12-,15+/m0/s1. The van der Waals surface area contributed by atoms with Crippen molar-refractivity contribution in [3.63, 3.8) is 0 Å². The number of nitro benzene ring substituents is 1. The highest BCUT2D eigenvalue weighted by atomic mass is 32.2. The summed E-state index contributed by atoms with van der Waals surface area (Å²) in [5.41, 5.74) is 0.825. The van der Waals surface area contributed by atoms with E-state index < -0.39 is 4.92 Å². The number of piperidine rings is 1. The molecular formula is C18H21N3O3S2. The Labute approximate surface area is 160 Å². The summed E-state index contributed by atoms with van der Waals surface area (Å²) < 4.78 is 1.59. The van der Waals surface area contributed by atoms with Gasteiger partial charge in [-0.1, -0.05) is 24.6 Å². The Morgan fingerprint density at radius 3 is 2.96 bits per heavy atom. The molecular weight excluding hydrogens is 370 g/mol. The molecule has 26 heavy (non-hydrogen) atoms. The van der Waals surface area contributed by atoms with Crippen molar-refractivity contribution in [2.75, 3.05) is 12.3 Å². The van der Waals surface area contributed by atoms with E-state index in [1.54, 1.807) is 12.1 Å². The van der Waals surface area contributed by atoms with Crippen molar-refractivity contribution >= 4 is 44.9 Å². The normalized spacial score (nSPS) is 23.0. The predicted molar refractivity (Wildman–Crippen MR) is 104 cm³/mol. The highest BCUT2D eigenvalue weighted by molar-refractivity contribution is 8.01. The number of hydrogen-bond donors (Lipinski definition) is 0. The van der Waals surface area contributed by atoms with Crippen LogP contribution in [0.2, 0.25) is 0 Å². The number of likely N-dealkylation sites (tertiary alicyclic amines) is 1. The van der Waals surface area contributed by atoms with Crippen LogP contribution in [0.25, 0.3) is 10.2 Å². The van der Waals surface area contributed by atoms with Crippen LogP contribution in [0.4, 0.5) is 5.69 Å². The van der Waals surface area contributed by atoms with E-state index in [-0.39, 0.29) is 11.6 Å². The van der Waals surface area contributed by atoms with Gasteiger partial charge in [0.15, 0.2) is 4.34 Å². The molecule has 2 aromatic rings. The maximum absolute atomic E-state index is 12.8. The fourth-order valence-electron chi connectivity index (χ4n) is 4.21. The number of carbonyl (C=O) groups excluding carboxylic acids is 1. The van der Waals surface area contributed by atoms with Crippen molar-refractivity contribution in [2.24, 2.45) is 5.92 Å². The molecule has 2 aliphatic rings. The Balaban J connectivity index is 1.42. The van der Waals surface area contributed by atoms with Gasteiger partial charge in [-0.3, -0.25) is 14.9 Å². The minimum atomic E-state index is -0.396. The summed E-state index contributed by atoms with van der Waals surface area (Å²) >= 11 is 2.86. The van der Waals surface area contributed by atoms with Crippen LogP contribution in [0.15, 0.2) is 22.5 Å². The first-order valence-corrected chi connectivity index (χ1v) is 10.9. The van der Waals surface area contributed by atoms with Crippen LogP contribution in [0, 0.1) is 16.0 Å². The Morgan fingerprint density at radius 1 is 1.31 bits per heavy atom. The second-order valence-corrected chi connectivity index (χ2v) is 9.27. The number of hydrogen-bond acceptors (Lipinski definition) is 6. The zero-order chi connectivity index (χ0) is 18.1. The van der Waals surface area contributed by atoms with Gasteiger partial charge in [-0.2, -0.15) is 0 Å². The molecule has 1 saturated heterocycles. The van der Waals surface area contributed by atoms with Gasteiger partial charge in [0.25, 0.3) is 5.69 Å². The first-order chi connectivity index (χ1) is 12.6. The molecule has 1 aliphatic carbocycles. The molecule has 0 spiro atoms. The van der Waals surface area contributed by atoms with E-state index in [4.69, 9.17) is 0 Å². The Hall–Kier alpha value is -1.67. The van der Waals surface area contributed by atoms with Gasteiger partial charge in [0, 0.05) is 24.7 Å². The van der Waals surface area contributed by atoms with Crippen LogP contribution < -0.4 is 0 Å². The summed E-state index contributed by atoms with van der Waals surface area (Å²) in [6.45, 7) is 0.882. The number of amides is 1. The molecule has 0 unspecified atom stereocenters. The van der Waals surface area contributed by atoms with Crippen LogP contribution in [0.5, 0.6) is 0 Å². The van der Waals surface area contributed by atoms with E-state index in [1.165, 1.54) is 54.8 Å². The van der Waals surface area contributed by atoms with E-state index >= 15 is 0 Å². The average molecular weight is 392 g/mol. The van der Waals surface area contributed by atoms with Gasteiger partial charge in [-0.05, 0) is 37.7 Å². The minimum absolute atomic E-state index is 0.0745. The molecule has 1 saturated carbocycles. The van der Waals surface area contributed by atoms with Crippen molar-refractivity contribution in [1.82, 2.24) is 9.88 Å². The molecule has 8 heteroatoms. The van der Waals surface area contributed by atoms with Crippen molar-refractivity contribution in [2.45, 2.75) is 48.9 Å². The molecule has 0 bridgehead atoms. The van der Waals surface area contributed by atoms with E-state index in [2.05, 4.69) is 9.88 Å². The molecule has 1 aromatic carbocycles. The van der Waals surface area contributed by atoms with Crippen LogP contribution in [-0.2, 0) is 4.79 Å². The van der Waals surface area contributed by atoms with Crippen molar-refractivity contribution < 1.29 is 9.72 Å². The molecule has 2 heterocycles. The molecule has 138 valence electrons. The summed E-state index contributed by atoms with van der Waals surface area (Å²) in [5, 5.41) is 10.9. The number of benzene rings is 1. The zero-order valence-corrected chi connectivity index (χ0v) is 16.1. The van der Waals surface area contributed by atoms with E-state index in [1.807, 2.05) is 0 Å². The average Bonchev–Trinajstić information content (AvgIpc) is 3.07. The molecule has 1 aliphatic heterocycles. The Kier molecular flexibility index (Phi) is 5.13. The number of rotatable bonds is 4. The van der Waals surface area contributed by atoms with Gasteiger partial charge >= 0.3 is 0 Å². The van der Waals surface area contributed by atoms with Crippen molar-refractivity contribution in [3.05, 3.63) is 28.3 Å². The summed E-state index contributed by atoms with van der Waals surface area (Å²) in [6.07, 6.45) is 7.31. The number of thiazole rings is 1. The zero-order valence-electron chi connectivity index (χ0n) is 14.4. The molecule has 0 N–H and O–H groups in total. The lowest BCUT2D eigenvalue weighted by Crippen LogP contribution is -2.50. The smallest absolute Gasteiger partial charge is 0.270 e. The molecule has 4 rings (SSSR count). The van der Waals surface area contributed by atoms with E-state index in [9.17, 15) is 14.9 Å². The third-order valence-electron chi connectivity index (χ3n) is 5.45. The first kappa shape index (κ1) is 17.7. The second-order valence-electron chi connectivity index (χ2n) is 7.02. The molecule has 6 nitrogen and oxygen atoms in total. The second kappa shape index (κ2) is 7.52. The van der Waals surface area contributed by atoms with E-state index in [0.29, 0.717) is 17.7 Å². The number of fused-ring (bicyclic) bond motifs is 2. The quantitative estimate of drug-likeness (QED) is 0.436. The van der Waals surface area contributed by atoms with Crippen molar-refractivity contribution in [1.29, 1.82) is 0 Å². The van der Waals surface area contributed by atoms with Crippen LogP contribution >= 0.6 is 23.1 Å². The summed E-state index contributed by atoms with van der Waals surface area (Å²) in [5.74, 6) is 1.29.